The van der Waals surface area contributed by atoms with Gasteiger partial charge >= 0.3 is 0 Å². The number of benzene rings is 1. The molecule has 1 aromatic rings. The Morgan fingerprint density at radius 2 is 2.24 bits per heavy atom. The van der Waals surface area contributed by atoms with Crippen LogP contribution >= 0.6 is 0 Å². The topological polar surface area (TPSA) is 35.8 Å². The standard InChI is InChI=1S/C14H17FN2/c1-14(2)7-3-4-13(14)17-12-6-5-10(9-16)8-11(12)15/h5-6,8,13,17H,3-4,7H2,1-2H3. The minimum absolute atomic E-state index is 0.209. The van der Waals surface area contributed by atoms with Crippen LogP contribution in [0, 0.1) is 22.6 Å². The van der Waals surface area contributed by atoms with Crippen LogP contribution in [-0.2, 0) is 0 Å². The zero-order chi connectivity index (χ0) is 12.5. The number of rotatable bonds is 2. The van der Waals surface area contributed by atoms with Crippen molar-refractivity contribution in [2.24, 2.45) is 5.41 Å². The van der Waals surface area contributed by atoms with Gasteiger partial charge in [-0.25, -0.2) is 4.39 Å². The Morgan fingerprint density at radius 1 is 1.47 bits per heavy atom. The Bertz CT molecular complexity index is 460. The first-order chi connectivity index (χ1) is 8.03. The summed E-state index contributed by atoms with van der Waals surface area (Å²) in [5, 5.41) is 11.9. The van der Waals surface area contributed by atoms with Gasteiger partial charge in [-0.15, -0.1) is 0 Å². The molecule has 1 fully saturated rings. The average molecular weight is 232 g/mol. The third-order valence-corrected chi connectivity index (χ3v) is 3.69. The lowest BCUT2D eigenvalue weighted by Gasteiger charge is -2.28. The van der Waals surface area contributed by atoms with E-state index in [1.807, 2.05) is 6.07 Å². The molecule has 1 aromatic carbocycles. The third-order valence-electron chi connectivity index (χ3n) is 3.69. The zero-order valence-electron chi connectivity index (χ0n) is 10.3. The van der Waals surface area contributed by atoms with Crippen LogP contribution in [0.15, 0.2) is 18.2 Å². The number of hydrogen-bond donors (Lipinski definition) is 1. The molecule has 1 saturated carbocycles. The predicted octanol–water partition coefficient (Wildman–Crippen LogP) is 3.69. The molecular formula is C14H17FN2. The lowest BCUT2D eigenvalue weighted by Crippen LogP contribution is -2.31. The van der Waals surface area contributed by atoms with Crippen molar-refractivity contribution in [2.75, 3.05) is 5.32 Å². The van der Waals surface area contributed by atoms with Crippen LogP contribution in [0.5, 0.6) is 0 Å². The van der Waals surface area contributed by atoms with Crippen molar-refractivity contribution in [3.8, 4) is 6.07 Å². The molecule has 2 rings (SSSR count). The summed E-state index contributed by atoms with van der Waals surface area (Å²) in [7, 11) is 0. The summed E-state index contributed by atoms with van der Waals surface area (Å²) in [5.41, 5.74) is 1.07. The van der Waals surface area contributed by atoms with Crippen LogP contribution in [0.3, 0.4) is 0 Å². The monoisotopic (exact) mass is 232 g/mol. The normalized spacial score (nSPS) is 22.1. The molecule has 1 atom stereocenters. The maximum absolute atomic E-state index is 13.7. The quantitative estimate of drug-likeness (QED) is 0.844. The fourth-order valence-electron chi connectivity index (χ4n) is 2.48. The van der Waals surface area contributed by atoms with E-state index >= 15 is 0 Å². The first-order valence-corrected chi connectivity index (χ1v) is 5.99. The summed E-state index contributed by atoms with van der Waals surface area (Å²) in [6.07, 6.45) is 3.43. The Hall–Kier alpha value is -1.56. The number of nitrogens with one attached hydrogen (secondary N) is 1. The summed E-state index contributed by atoms with van der Waals surface area (Å²) in [4.78, 5) is 0. The van der Waals surface area contributed by atoms with Crippen molar-refractivity contribution in [1.82, 2.24) is 0 Å². The average Bonchev–Trinajstić information content (AvgIpc) is 2.61. The van der Waals surface area contributed by atoms with E-state index in [4.69, 9.17) is 5.26 Å². The maximum atomic E-state index is 13.7. The van der Waals surface area contributed by atoms with E-state index in [0.717, 1.165) is 6.42 Å². The second kappa shape index (κ2) is 4.37. The zero-order valence-corrected chi connectivity index (χ0v) is 10.3. The van der Waals surface area contributed by atoms with Crippen LogP contribution in [0.4, 0.5) is 10.1 Å². The van der Waals surface area contributed by atoms with Crippen molar-refractivity contribution in [1.29, 1.82) is 5.26 Å². The Balaban J connectivity index is 2.17. The van der Waals surface area contributed by atoms with E-state index in [0.29, 0.717) is 17.3 Å². The van der Waals surface area contributed by atoms with E-state index in [-0.39, 0.29) is 11.2 Å². The lowest BCUT2D eigenvalue weighted by atomic mass is 9.87. The summed E-state index contributed by atoms with van der Waals surface area (Å²) >= 11 is 0. The molecule has 1 N–H and O–H groups in total. The van der Waals surface area contributed by atoms with Gasteiger partial charge in [-0.1, -0.05) is 20.3 Å². The van der Waals surface area contributed by atoms with E-state index in [9.17, 15) is 4.39 Å². The summed E-state index contributed by atoms with van der Waals surface area (Å²) in [5.74, 6) is -0.341. The van der Waals surface area contributed by atoms with Crippen molar-refractivity contribution < 1.29 is 4.39 Å². The van der Waals surface area contributed by atoms with E-state index in [1.54, 1.807) is 12.1 Å². The molecule has 0 aliphatic heterocycles. The maximum Gasteiger partial charge on any atom is 0.147 e. The molecule has 0 bridgehead atoms. The van der Waals surface area contributed by atoms with Gasteiger partial charge < -0.3 is 5.32 Å². The van der Waals surface area contributed by atoms with Crippen LogP contribution in [0.1, 0.15) is 38.7 Å². The van der Waals surface area contributed by atoms with Crippen molar-refractivity contribution in [2.45, 2.75) is 39.2 Å². The van der Waals surface area contributed by atoms with Crippen LogP contribution in [0.2, 0.25) is 0 Å². The molecule has 3 heteroatoms. The second-order valence-corrected chi connectivity index (χ2v) is 5.38. The molecule has 2 nitrogen and oxygen atoms in total. The molecule has 1 unspecified atom stereocenters. The van der Waals surface area contributed by atoms with Gasteiger partial charge in [0.1, 0.15) is 5.82 Å². The minimum Gasteiger partial charge on any atom is -0.379 e. The predicted molar refractivity (Wildman–Crippen MR) is 66.2 cm³/mol. The van der Waals surface area contributed by atoms with E-state index < -0.39 is 0 Å². The van der Waals surface area contributed by atoms with Gasteiger partial charge in [-0.3, -0.25) is 0 Å². The third kappa shape index (κ3) is 2.41. The lowest BCUT2D eigenvalue weighted by molar-refractivity contribution is 0.349. The number of halogens is 1. The van der Waals surface area contributed by atoms with Crippen LogP contribution in [0.25, 0.3) is 0 Å². The van der Waals surface area contributed by atoms with E-state index in [2.05, 4.69) is 19.2 Å². The van der Waals surface area contributed by atoms with Crippen LogP contribution in [-0.4, -0.2) is 6.04 Å². The summed E-state index contributed by atoms with van der Waals surface area (Å²) in [6, 6.07) is 6.83. The fraction of sp³-hybridized carbons (Fsp3) is 0.500. The highest BCUT2D eigenvalue weighted by molar-refractivity contribution is 5.49. The summed E-state index contributed by atoms with van der Waals surface area (Å²) < 4.78 is 13.7. The SMILES string of the molecule is CC1(C)CCCC1Nc1ccc(C#N)cc1F. The largest absolute Gasteiger partial charge is 0.379 e. The van der Waals surface area contributed by atoms with Gasteiger partial charge in [0, 0.05) is 6.04 Å². The smallest absolute Gasteiger partial charge is 0.147 e. The first kappa shape index (κ1) is 11.9. The molecule has 1 aliphatic rings. The van der Waals surface area contributed by atoms with Gasteiger partial charge in [0.05, 0.1) is 17.3 Å². The van der Waals surface area contributed by atoms with Gasteiger partial charge in [0.15, 0.2) is 0 Å². The second-order valence-electron chi connectivity index (χ2n) is 5.38. The van der Waals surface area contributed by atoms with Gasteiger partial charge in [-0.05, 0) is 36.5 Å². The summed E-state index contributed by atoms with van der Waals surface area (Å²) in [6.45, 7) is 4.42. The molecule has 0 radical (unpaired) electrons. The first-order valence-electron chi connectivity index (χ1n) is 5.99. The molecule has 0 heterocycles. The van der Waals surface area contributed by atoms with Crippen molar-refractivity contribution >= 4 is 5.69 Å². The molecule has 0 spiro atoms. The Kier molecular flexibility index (Phi) is 3.06. The minimum atomic E-state index is -0.341. The number of anilines is 1. The van der Waals surface area contributed by atoms with Crippen LogP contribution < -0.4 is 5.32 Å². The Labute approximate surface area is 101 Å². The van der Waals surface area contributed by atoms with Gasteiger partial charge in [0.25, 0.3) is 0 Å². The molecule has 0 saturated heterocycles. The Morgan fingerprint density at radius 3 is 2.76 bits per heavy atom. The van der Waals surface area contributed by atoms with Gasteiger partial charge in [0.2, 0.25) is 0 Å². The van der Waals surface area contributed by atoms with Gasteiger partial charge in [-0.2, -0.15) is 5.26 Å². The molecule has 1 aliphatic carbocycles. The molecule has 0 aromatic heterocycles. The highest BCUT2D eigenvalue weighted by Gasteiger charge is 2.34. The van der Waals surface area contributed by atoms with Crippen molar-refractivity contribution in [3.05, 3.63) is 29.6 Å². The van der Waals surface area contributed by atoms with Crippen molar-refractivity contribution in [3.63, 3.8) is 0 Å². The number of nitrogens with zero attached hydrogens (tertiary/aromatic N) is 1. The highest BCUT2D eigenvalue weighted by atomic mass is 19.1. The number of hydrogen-bond acceptors (Lipinski definition) is 2. The number of nitriles is 1. The van der Waals surface area contributed by atoms with E-state index in [1.165, 1.54) is 18.9 Å². The molecular weight excluding hydrogens is 215 g/mol. The highest BCUT2D eigenvalue weighted by Crippen LogP contribution is 2.39. The molecule has 90 valence electrons. The molecule has 0 amide bonds. The molecule has 17 heavy (non-hydrogen) atoms. The fourth-order valence-corrected chi connectivity index (χ4v) is 2.48.